The number of amides is 2. The second-order valence-electron chi connectivity index (χ2n) is 14.9. The molecule has 0 saturated carbocycles. The third-order valence-corrected chi connectivity index (χ3v) is 10.5. The van der Waals surface area contributed by atoms with Crippen LogP contribution >= 0.6 is 0 Å². The molecule has 4 heterocycles. The van der Waals surface area contributed by atoms with Crippen LogP contribution in [0.15, 0.2) is 12.7 Å². The molecule has 22 heteroatoms. The largest absolute Gasteiger partial charge is 0.394 e. The normalized spacial score (nSPS) is 43.4. The van der Waals surface area contributed by atoms with E-state index in [0.717, 1.165) is 32.6 Å². The number of aliphatic hydroxyl groups is 10. The molecule has 4 saturated heterocycles. The molecular formula is C36H62N2O20. The van der Waals surface area contributed by atoms with Gasteiger partial charge in [-0.1, -0.05) is 18.9 Å². The van der Waals surface area contributed by atoms with E-state index in [1.54, 1.807) is 0 Å². The van der Waals surface area contributed by atoms with Gasteiger partial charge in [-0.2, -0.15) is 0 Å². The zero-order valence-electron chi connectivity index (χ0n) is 32.8. The minimum absolute atomic E-state index is 0.145. The van der Waals surface area contributed by atoms with Crippen LogP contribution in [-0.4, -0.2) is 212 Å². The number of carbonyl (C=O) groups excluding carboxylic acids is 2. The molecule has 336 valence electrons. The molecule has 2 amide bonds. The zero-order chi connectivity index (χ0) is 42.8. The highest BCUT2D eigenvalue weighted by Gasteiger charge is 2.57. The van der Waals surface area contributed by atoms with E-state index >= 15 is 0 Å². The molecular weight excluding hydrogens is 780 g/mol. The molecule has 22 nitrogen and oxygen atoms in total. The molecule has 0 spiro atoms. The van der Waals surface area contributed by atoms with Crippen molar-refractivity contribution in [1.82, 2.24) is 10.6 Å². The van der Waals surface area contributed by atoms with Crippen LogP contribution in [0.2, 0.25) is 0 Å². The lowest BCUT2D eigenvalue weighted by Crippen LogP contribution is -2.70. The minimum Gasteiger partial charge on any atom is -0.394 e. The van der Waals surface area contributed by atoms with Crippen molar-refractivity contribution in [2.75, 3.05) is 26.4 Å². The lowest BCUT2D eigenvalue weighted by atomic mass is 9.94. The number of hydrogen-bond acceptors (Lipinski definition) is 20. The third-order valence-electron chi connectivity index (χ3n) is 10.5. The van der Waals surface area contributed by atoms with Crippen LogP contribution in [-0.2, 0) is 47.5 Å². The first-order valence-electron chi connectivity index (χ1n) is 19.5. The Balaban J connectivity index is 1.73. The average molecular weight is 843 g/mol. The van der Waals surface area contributed by atoms with Crippen molar-refractivity contribution in [2.45, 2.75) is 176 Å². The highest BCUT2D eigenvalue weighted by atomic mass is 16.8. The van der Waals surface area contributed by atoms with E-state index in [1.165, 1.54) is 13.8 Å². The first-order chi connectivity index (χ1) is 27.6. The van der Waals surface area contributed by atoms with Crippen molar-refractivity contribution in [2.24, 2.45) is 0 Å². The van der Waals surface area contributed by atoms with Crippen LogP contribution < -0.4 is 10.6 Å². The number of nitrogens with one attached hydrogen (secondary N) is 2. The van der Waals surface area contributed by atoms with Crippen LogP contribution in [0.3, 0.4) is 0 Å². The fraction of sp³-hybridized carbons (Fsp3) is 0.889. The molecule has 0 bridgehead atoms. The van der Waals surface area contributed by atoms with Crippen molar-refractivity contribution in [3.05, 3.63) is 12.7 Å². The van der Waals surface area contributed by atoms with E-state index in [4.69, 9.17) is 37.9 Å². The molecule has 0 aliphatic carbocycles. The predicted molar refractivity (Wildman–Crippen MR) is 193 cm³/mol. The van der Waals surface area contributed by atoms with Gasteiger partial charge in [0.1, 0.15) is 91.4 Å². The molecule has 0 aromatic heterocycles. The zero-order valence-corrected chi connectivity index (χ0v) is 32.8. The Morgan fingerprint density at radius 3 is 1.69 bits per heavy atom. The van der Waals surface area contributed by atoms with E-state index in [0.29, 0.717) is 6.42 Å². The van der Waals surface area contributed by atoms with Gasteiger partial charge in [-0.05, 0) is 26.2 Å². The number of unbranched alkanes of at least 4 members (excludes halogenated alkanes) is 4. The molecule has 0 unspecified atom stereocenters. The molecule has 0 aromatic rings. The van der Waals surface area contributed by atoms with Crippen molar-refractivity contribution in [3.8, 4) is 0 Å². The van der Waals surface area contributed by atoms with Gasteiger partial charge < -0.3 is 99.6 Å². The lowest BCUT2D eigenvalue weighted by molar-refractivity contribution is -0.397. The number of hydrogen-bond donors (Lipinski definition) is 12. The fourth-order valence-corrected chi connectivity index (χ4v) is 7.33. The standard InChI is InChI=1S/C36H62N2O20/c1-5-6-7-8-9-10-11-51-33-22(38-17(4)43)30(25(46)19(13-40)53-33)56-36-32(58-35-29(50)28(49)23(44)15(2)52-35)31(26(47)20(14-41)55-36)57-34-21(37-16(3)42)27(48)24(45)18(12-39)54-34/h5,15,18-36,39-41,44-50H,1,6-14H2,2-4H3,(H,37,42)(H,38,43)/t15-,18+,19+,20+,21+,22+,23+,24-,25-,26-,27+,28+,29-,30+,31-,32+,33-,34+,35-,36-/m0/s1. The van der Waals surface area contributed by atoms with Crippen LogP contribution in [0.25, 0.3) is 0 Å². The van der Waals surface area contributed by atoms with E-state index in [9.17, 15) is 60.7 Å². The topological polar surface area (TPSA) is 334 Å². The van der Waals surface area contributed by atoms with Gasteiger partial charge in [-0.3, -0.25) is 9.59 Å². The van der Waals surface area contributed by atoms with Crippen molar-refractivity contribution in [3.63, 3.8) is 0 Å². The number of aliphatic hydroxyl groups excluding tert-OH is 10. The molecule has 58 heavy (non-hydrogen) atoms. The van der Waals surface area contributed by atoms with Crippen LogP contribution in [0, 0.1) is 0 Å². The van der Waals surface area contributed by atoms with Gasteiger partial charge in [0.25, 0.3) is 0 Å². The second kappa shape index (κ2) is 22.7. The molecule has 20 atom stereocenters. The first kappa shape index (κ1) is 48.6. The minimum atomic E-state index is -1.94. The van der Waals surface area contributed by atoms with Gasteiger partial charge in [0.15, 0.2) is 25.2 Å². The van der Waals surface area contributed by atoms with Crippen LogP contribution in [0.1, 0.15) is 52.9 Å². The van der Waals surface area contributed by atoms with Gasteiger partial charge in [0.05, 0.1) is 25.9 Å². The Labute approximate surface area is 335 Å². The number of allylic oxidation sites excluding steroid dienone is 1. The van der Waals surface area contributed by atoms with Gasteiger partial charge in [0.2, 0.25) is 11.8 Å². The fourth-order valence-electron chi connectivity index (χ4n) is 7.33. The SMILES string of the molecule is C=CCCCCCCO[C@H]1O[C@H](CO)[C@H](O)[C@H](O[C@@H]2O[C@H](CO)[C@H](O)[C@H](O[C@H]3O[C@H](CO)[C@H](O)[C@H](O)[C@H]3NC(C)=O)[C@H]2O[C@@H]2O[C@@H](C)[C@@H](O)[C@@H](O)[C@@H]2O)[C@H]1NC(C)=O. The predicted octanol–water partition coefficient (Wildman–Crippen LogP) is -5.27. The number of carbonyl (C=O) groups is 2. The van der Waals surface area contributed by atoms with E-state index < -0.39 is 154 Å². The Bertz CT molecular complexity index is 1290. The Morgan fingerprint density at radius 1 is 0.569 bits per heavy atom. The van der Waals surface area contributed by atoms with E-state index in [-0.39, 0.29) is 6.61 Å². The average Bonchev–Trinajstić information content (AvgIpc) is 3.18. The summed E-state index contributed by atoms with van der Waals surface area (Å²) in [5.74, 6) is -1.30. The molecule has 4 aliphatic heterocycles. The van der Waals surface area contributed by atoms with Gasteiger partial charge in [0, 0.05) is 20.5 Å². The first-order valence-corrected chi connectivity index (χ1v) is 19.5. The monoisotopic (exact) mass is 842 g/mol. The summed E-state index contributed by atoms with van der Waals surface area (Å²) in [6.45, 7) is 5.04. The van der Waals surface area contributed by atoms with Crippen molar-refractivity contribution >= 4 is 11.8 Å². The van der Waals surface area contributed by atoms with Crippen LogP contribution in [0.5, 0.6) is 0 Å². The molecule has 0 aromatic carbocycles. The highest BCUT2D eigenvalue weighted by molar-refractivity contribution is 5.73. The molecule has 4 fully saturated rings. The van der Waals surface area contributed by atoms with Gasteiger partial charge >= 0.3 is 0 Å². The summed E-state index contributed by atoms with van der Waals surface area (Å²) in [6.07, 6.45) is -24.1. The van der Waals surface area contributed by atoms with Crippen molar-refractivity contribution in [1.29, 1.82) is 0 Å². The lowest BCUT2D eigenvalue weighted by Gasteiger charge is -2.51. The summed E-state index contributed by atoms with van der Waals surface area (Å²) in [4.78, 5) is 24.8. The maximum Gasteiger partial charge on any atom is 0.217 e. The van der Waals surface area contributed by atoms with E-state index in [1.807, 2.05) is 6.08 Å². The maximum absolute atomic E-state index is 12.6. The molecule has 4 aliphatic rings. The van der Waals surface area contributed by atoms with Gasteiger partial charge in [-0.25, -0.2) is 0 Å². The summed E-state index contributed by atoms with van der Waals surface area (Å²) in [7, 11) is 0. The van der Waals surface area contributed by atoms with Gasteiger partial charge in [-0.15, -0.1) is 6.58 Å². The second-order valence-corrected chi connectivity index (χ2v) is 14.9. The smallest absolute Gasteiger partial charge is 0.217 e. The summed E-state index contributed by atoms with van der Waals surface area (Å²) in [5, 5.41) is 112. The summed E-state index contributed by atoms with van der Waals surface area (Å²) >= 11 is 0. The highest BCUT2D eigenvalue weighted by Crippen LogP contribution is 2.36. The summed E-state index contributed by atoms with van der Waals surface area (Å²) < 4.78 is 47.9. The molecule has 12 N–H and O–H groups in total. The number of rotatable bonds is 19. The van der Waals surface area contributed by atoms with E-state index in [2.05, 4.69) is 17.2 Å². The number of ether oxygens (including phenoxy) is 8. The molecule has 4 rings (SSSR count). The third kappa shape index (κ3) is 11.9. The Morgan fingerprint density at radius 2 is 1.09 bits per heavy atom. The summed E-state index contributed by atoms with van der Waals surface area (Å²) in [5.41, 5.74) is 0. The van der Waals surface area contributed by atoms with Crippen LogP contribution in [0.4, 0.5) is 0 Å². The summed E-state index contributed by atoms with van der Waals surface area (Å²) in [6, 6.07) is -2.85. The quantitative estimate of drug-likeness (QED) is 0.0427. The maximum atomic E-state index is 12.6. The molecule has 0 radical (unpaired) electrons. The van der Waals surface area contributed by atoms with Crippen molar-refractivity contribution < 1.29 is 98.5 Å². The Kier molecular flexibility index (Phi) is 19.0. The Hall–Kier alpha value is -2.04.